The smallest absolute Gasteiger partial charge is 0.307 e. The lowest BCUT2D eigenvalue weighted by molar-refractivity contribution is -0.117. The number of anilines is 1. The molecule has 0 unspecified atom stereocenters. The summed E-state index contributed by atoms with van der Waals surface area (Å²) in [5.74, 6) is 0.203. The zero-order valence-electron chi connectivity index (χ0n) is 16.8. The number of benzene rings is 2. The van der Waals surface area contributed by atoms with Crippen molar-refractivity contribution >= 4 is 45.9 Å². The second-order valence-corrected chi connectivity index (χ2v) is 7.79. The van der Waals surface area contributed by atoms with Crippen LogP contribution in [-0.4, -0.2) is 37.3 Å². The molecule has 2 aromatic heterocycles. The molecular formula is C21H20N6O2S. The highest BCUT2D eigenvalue weighted by Gasteiger charge is 2.15. The molecule has 0 saturated carbocycles. The molecule has 0 saturated heterocycles. The number of rotatable bonds is 4. The maximum Gasteiger partial charge on any atom is 0.325 e. The fourth-order valence-electron chi connectivity index (χ4n) is 3.06. The quantitative estimate of drug-likeness (QED) is 0.386. The monoisotopic (exact) mass is 420 g/mol. The summed E-state index contributed by atoms with van der Waals surface area (Å²) in [4.78, 5) is 33.6. The second-order valence-electron chi connectivity index (χ2n) is 6.84. The summed E-state index contributed by atoms with van der Waals surface area (Å²) >= 11 is 1.20. The van der Waals surface area contributed by atoms with E-state index in [-0.39, 0.29) is 5.75 Å². The van der Waals surface area contributed by atoms with Gasteiger partial charge in [0.25, 0.3) is 0 Å². The molecule has 2 N–H and O–H groups in total. The fourth-order valence-corrected chi connectivity index (χ4v) is 3.80. The normalized spacial score (nSPS) is 11.0. The molecule has 152 valence electrons. The number of hydrogen-bond donors (Lipinski definition) is 2. The predicted molar refractivity (Wildman–Crippen MR) is 117 cm³/mol. The molecule has 2 aromatic carbocycles. The minimum atomic E-state index is -0.567. The van der Waals surface area contributed by atoms with Crippen LogP contribution >= 0.6 is 11.8 Å². The molecular weight excluding hydrogens is 400 g/mol. The Hall–Kier alpha value is -3.46. The van der Waals surface area contributed by atoms with E-state index in [4.69, 9.17) is 0 Å². The molecule has 3 amide bonds. The molecule has 0 aliphatic carbocycles. The number of aromatic nitrogens is 4. The van der Waals surface area contributed by atoms with E-state index >= 15 is 0 Å². The molecule has 8 nitrogen and oxygen atoms in total. The first-order valence-electron chi connectivity index (χ1n) is 9.34. The van der Waals surface area contributed by atoms with Crippen molar-refractivity contribution < 1.29 is 9.59 Å². The summed E-state index contributed by atoms with van der Waals surface area (Å²) in [6, 6.07) is 12.7. The van der Waals surface area contributed by atoms with Crippen LogP contribution < -0.4 is 10.6 Å². The van der Waals surface area contributed by atoms with E-state index in [0.29, 0.717) is 22.3 Å². The molecule has 0 aliphatic rings. The second kappa shape index (κ2) is 8.11. The van der Waals surface area contributed by atoms with Crippen LogP contribution in [0.2, 0.25) is 0 Å². The number of aryl methyl sites for hydroxylation is 2. The van der Waals surface area contributed by atoms with Gasteiger partial charge in [0.2, 0.25) is 5.91 Å². The molecule has 0 bridgehead atoms. The van der Waals surface area contributed by atoms with Crippen molar-refractivity contribution in [2.24, 2.45) is 0 Å². The highest BCUT2D eigenvalue weighted by Crippen LogP contribution is 2.23. The van der Waals surface area contributed by atoms with Crippen LogP contribution in [0, 0.1) is 20.8 Å². The Morgan fingerprint density at radius 3 is 2.67 bits per heavy atom. The number of para-hydroxylation sites is 1. The maximum atomic E-state index is 12.3. The Morgan fingerprint density at radius 1 is 1.03 bits per heavy atom. The van der Waals surface area contributed by atoms with Crippen molar-refractivity contribution in [2.45, 2.75) is 25.9 Å². The summed E-state index contributed by atoms with van der Waals surface area (Å²) in [6.07, 6.45) is 0. The van der Waals surface area contributed by atoms with Crippen molar-refractivity contribution in [2.75, 3.05) is 11.1 Å². The molecule has 0 radical (unpaired) electrons. The Balaban J connectivity index is 1.46. The Kier molecular flexibility index (Phi) is 5.37. The number of thioether (sulfide) groups is 1. The van der Waals surface area contributed by atoms with Gasteiger partial charge in [0.1, 0.15) is 5.82 Å². The first-order chi connectivity index (χ1) is 14.4. The third-order valence-corrected chi connectivity index (χ3v) is 5.62. The van der Waals surface area contributed by atoms with Gasteiger partial charge in [-0.1, -0.05) is 36.0 Å². The number of nitrogens with zero attached hydrogens (tertiary/aromatic N) is 4. The Labute approximate surface area is 177 Å². The number of nitrogens with one attached hydrogen (secondary N) is 2. The minimum Gasteiger partial charge on any atom is -0.307 e. The van der Waals surface area contributed by atoms with Crippen molar-refractivity contribution in [1.29, 1.82) is 0 Å². The van der Waals surface area contributed by atoms with Crippen LogP contribution in [-0.2, 0) is 4.79 Å². The highest BCUT2D eigenvalue weighted by atomic mass is 32.2. The van der Waals surface area contributed by atoms with Gasteiger partial charge in [-0.05, 0) is 50.1 Å². The third-order valence-electron chi connectivity index (χ3n) is 4.69. The van der Waals surface area contributed by atoms with E-state index in [2.05, 4.69) is 25.7 Å². The molecule has 4 rings (SSSR count). The van der Waals surface area contributed by atoms with Crippen LogP contribution in [0.3, 0.4) is 0 Å². The Bertz CT molecular complexity index is 1280. The molecule has 9 heteroatoms. The lowest BCUT2D eigenvalue weighted by Gasteiger charge is -2.11. The summed E-state index contributed by atoms with van der Waals surface area (Å²) in [5, 5.41) is 10.9. The highest BCUT2D eigenvalue weighted by molar-refractivity contribution is 7.99. The average Bonchev–Trinajstić information content (AvgIpc) is 3.11. The molecule has 4 aromatic rings. The SMILES string of the molecule is Cc1nc2c3ccccc3nc(SCC(=O)NC(=O)Nc3cccc(C)c3C)n2n1. The van der Waals surface area contributed by atoms with E-state index in [0.717, 1.165) is 22.0 Å². The van der Waals surface area contributed by atoms with Gasteiger partial charge < -0.3 is 5.32 Å². The molecule has 2 heterocycles. The maximum absolute atomic E-state index is 12.3. The van der Waals surface area contributed by atoms with E-state index in [1.807, 2.05) is 50.2 Å². The van der Waals surface area contributed by atoms with Crippen LogP contribution in [0.15, 0.2) is 47.6 Å². The van der Waals surface area contributed by atoms with Gasteiger partial charge in [-0.3, -0.25) is 10.1 Å². The van der Waals surface area contributed by atoms with Crippen molar-refractivity contribution in [3.8, 4) is 0 Å². The lowest BCUT2D eigenvalue weighted by Crippen LogP contribution is -2.35. The summed E-state index contributed by atoms with van der Waals surface area (Å²) < 4.78 is 1.63. The van der Waals surface area contributed by atoms with Gasteiger partial charge in [-0.15, -0.1) is 5.10 Å². The van der Waals surface area contributed by atoms with Crippen molar-refractivity contribution in [3.05, 3.63) is 59.4 Å². The number of carbonyl (C=O) groups is 2. The summed E-state index contributed by atoms with van der Waals surface area (Å²) in [6.45, 7) is 5.68. The minimum absolute atomic E-state index is 0.0135. The first kappa shape index (κ1) is 19.8. The van der Waals surface area contributed by atoms with Crippen LogP contribution in [0.1, 0.15) is 17.0 Å². The van der Waals surface area contributed by atoms with E-state index in [1.165, 1.54) is 11.8 Å². The molecule has 30 heavy (non-hydrogen) atoms. The fraction of sp³-hybridized carbons (Fsp3) is 0.190. The van der Waals surface area contributed by atoms with Gasteiger partial charge in [0.15, 0.2) is 10.8 Å². The first-order valence-corrected chi connectivity index (χ1v) is 10.3. The molecule has 0 atom stereocenters. The number of imide groups is 1. The average molecular weight is 420 g/mol. The zero-order valence-corrected chi connectivity index (χ0v) is 17.6. The number of fused-ring (bicyclic) bond motifs is 3. The van der Waals surface area contributed by atoms with Crippen molar-refractivity contribution in [1.82, 2.24) is 24.9 Å². The summed E-state index contributed by atoms with van der Waals surface area (Å²) in [7, 11) is 0. The van der Waals surface area contributed by atoms with Crippen LogP contribution in [0.4, 0.5) is 10.5 Å². The third kappa shape index (κ3) is 3.97. The van der Waals surface area contributed by atoms with Crippen LogP contribution in [0.25, 0.3) is 16.6 Å². The van der Waals surface area contributed by atoms with Crippen LogP contribution in [0.5, 0.6) is 0 Å². The molecule has 0 aliphatic heterocycles. The topological polar surface area (TPSA) is 101 Å². The van der Waals surface area contributed by atoms with E-state index in [9.17, 15) is 9.59 Å². The van der Waals surface area contributed by atoms with Gasteiger partial charge >= 0.3 is 6.03 Å². The van der Waals surface area contributed by atoms with Gasteiger partial charge in [-0.25, -0.2) is 14.8 Å². The van der Waals surface area contributed by atoms with E-state index < -0.39 is 11.9 Å². The number of urea groups is 1. The largest absolute Gasteiger partial charge is 0.325 e. The standard InChI is InChI=1S/C21H20N6O2S/c1-12-7-6-10-16(13(12)2)23-20(29)25-18(28)11-30-21-24-17-9-5-4-8-15(17)19-22-14(3)26-27(19)21/h4-10H,11H2,1-3H3,(H2,23,25,28,29). The van der Waals surface area contributed by atoms with Gasteiger partial charge in [-0.2, -0.15) is 4.52 Å². The number of amides is 3. The predicted octanol–water partition coefficient (Wildman–Crippen LogP) is 3.64. The number of carbonyl (C=O) groups excluding carboxylic acids is 2. The zero-order chi connectivity index (χ0) is 21.3. The molecule has 0 fully saturated rings. The van der Waals surface area contributed by atoms with Crippen molar-refractivity contribution in [3.63, 3.8) is 0 Å². The molecule has 0 spiro atoms. The van der Waals surface area contributed by atoms with Gasteiger partial charge in [0.05, 0.1) is 11.3 Å². The number of hydrogen-bond acceptors (Lipinski definition) is 6. The Morgan fingerprint density at radius 2 is 1.83 bits per heavy atom. The van der Waals surface area contributed by atoms with Gasteiger partial charge in [0, 0.05) is 11.1 Å². The van der Waals surface area contributed by atoms with E-state index in [1.54, 1.807) is 17.5 Å². The lowest BCUT2D eigenvalue weighted by atomic mass is 10.1. The summed E-state index contributed by atoms with van der Waals surface area (Å²) in [5.41, 5.74) is 4.15.